The van der Waals surface area contributed by atoms with E-state index in [9.17, 15) is 9.59 Å². The molecule has 0 aliphatic heterocycles. The molecule has 10 heteroatoms. The number of aryl methyl sites for hydroxylation is 1. The molecule has 0 radical (unpaired) electrons. The summed E-state index contributed by atoms with van der Waals surface area (Å²) in [6, 6.07) is 16.2. The number of nitrogens with zero attached hydrogens (tertiary/aromatic N) is 7. The van der Waals surface area contributed by atoms with Gasteiger partial charge in [-0.1, -0.05) is 75.7 Å². The molecule has 0 aliphatic rings. The second kappa shape index (κ2) is 10.6. The van der Waals surface area contributed by atoms with Crippen LogP contribution in [0.1, 0.15) is 45.0 Å². The summed E-state index contributed by atoms with van der Waals surface area (Å²) in [6.07, 6.45) is 2.69. The summed E-state index contributed by atoms with van der Waals surface area (Å²) < 4.78 is 4.84. The molecule has 196 valence electrons. The van der Waals surface area contributed by atoms with Gasteiger partial charge >= 0.3 is 5.69 Å². The number of benzene rings is 2. The third kappa shape index (κ3) is 4.69. The molecule has 0 unspecified atom stereocenters. The SMILES string of the molecule is CCCCc1nc2c(c(=O)n(C)c(=O)n2CC(C)C)n1Cc1ccc(-c2ccccc2-c2nnn[nH]2)cc1. The van der Waals surface area contributed by atoms with E-state index < -0.39 is 0 Å². The van der Waals surface area contributed by atoms with Gasteiger partial charge in [-0.3, -0.25) is 13.9 Å². The fraction of sp³-hybridized carbons (Fsp3) is 0.357. The molecule has 0 amide bonds. The summed E-state index contributed by atoms with van der Waals surface area (Å²) in [5.41, 5.74) is 4.31. The summed E-state index contributed by atoms with van der Waals surface area (Å²) in [4.78, 5) is 31.2. The summed E-state index contributed by atoms with van der Waals surface area (Å²) in [6.45, 7) is 7.22. The van der Waals surface area contributed by atoms with E-state index in [1.165, 1.54) is 4.57 Å². The third-order valence-corrected chi connectivity index (χ3v) is 6.74. The maximum Gasteiger partial charge on any atom is 0.332 e. The Labute approximate surface area is 220 Å². The minimum Gasteiger partial charge on any atom is -0.318 e. The van der Waals surface area contributed by atoms with Crippen LogP contribution >= 0.6 is 0 Å². The largest absolute Gasteiger partial charge is 0.332 e. The van der Waals surface area contributed by atoms with E-state index in [1.807, 2.05) is 28.8 Å². The molecule has 3 aromatic heterocycles. The zero-order valence-corrected chi connectivity index (χ0v) is 22.2. The van der Waals surface area contributed by atoms with Gasteiger partial charge in [-0.15, -0.1) is 5.10 Å². The Bertz CT molecular complexity index is 1680. The molecule has 5 rings (SSSR count). The number of aromatic nitrogens is 8. The number of tetrazole rings is 1. The zero-order chi connectivity index (χ0) is 26.8. The molecule has 10 nitrogen and oxygen atoms in total. The van der Waals surface area contributed by atoms with Crippen molar-refractivity contribution >= 4 is 11.2 Å². The van der Waals surface area contributed by atoms with E-state index in [2.05, 4.69) is 65.7 Å². The Morgan fingerprint density at radius 1 is 0.974 bits per heavy atom. The van der Waals surface area contributed by atoms with Gasteiger partial charge in [-0.2, -0.15) is 0 Å². The number of imidazole rings is 1. The first-order valence-corrected chi connectivity index (χ1v) is 13.0. The van der Waals surface area contributed by atoms with Crippen molar-refractivity contribution in [1.82, 2.24) is 39.3 Å². The van der Waals surface area contributed by atoms with Crippen LogP contribution in [0.15, 0.2) is 58.1 Å². The number of H-pyrrole nitrogens is 1. The number of hydrogen-bond acceptors (Lipinski definition) is 6. The highest BCUT2D eigenvalue weighted by Gasteiger charge is 2.21. The second-order valence-electron chi connectivity index (χ2n) is 10.0. The summed E-state index contributed by atoms with van der Waals surface area (Å²) >= 11 is 0. The Kier molecular flexibility index (Phi) is 7.04. The van der Waals surface area contributed by atoms with Crippen LogP contribution in [-0.4, -0.2) is 39.3 Å². The number of fused-ring (bicyclic) bond motifs is 1. The Hall–Kier alpha value is -4.34. The van der Waals surface area contributed by atoms with Crippen LogP contribution in [0.3, 0.4) is 0 Å². The van der Waals surface area contributed by atoms with Crippen LogP contribution in [0.4, 0.5) is 0 Å². The highest BCUT2D eigenvalue weighted by atomic mass is 16.2. The summed E-state index contributed by atoms with van der Waals surface area (Å²) in [5.74, 6) is 1.67. The van der Waals surface area contributed by atoms with Gasteiger partial charge < -0.3 is 4.57 Å². The number of unbranched alkanes of at least 4 members (excludes halogenated alkanes) is 1. The molecule has 5 aromatic rings. The van der Waals surface area contributed by atoms with E-state index in [0.717, 1.165) is 47.3 Å². The van der Waals surface area contributed by atoms with Crippen LogP contribution < -0.4 is 11.2 Å². The van der Waals surface area contributed by atoms with Gasteiger partial charge in [0.2, 0.25) is 0 Å². The Balaban J connectivity index is 1.57. The molecule has 0 aliphatic carbocycles. The highest BCUT2D eigenvalue weighted by Crippen LogP contribution is 2.30. The molecule has 0 atom stereocenters. The van der Waals surface area contributed by atoms with Gasteiger partial charge in [0.25, 0.3) is 5.56 Å². The molecule has 1 N–H and O–H groups in total. The topological polar surface area (TPSA) is 116 Å². The van der Waals surface area contributed by atoms with E-state index in [-0.39, 0.29) is 17.2 Å². The van der Waals surface area contributed by atoms with Crippen LogP contribution in [0, 0.1) is 5.92 Å². The maximum atomic E-state index is 13.3. The van der Waals surface area contributed by atoms with Gasteiger partial charge in [0, 0.05) is 32.1 Å². The molecular formula is C28H32N8O2. The maximum absolute atomic E-state index is 13.3. The molecular weight excluding hydrogens is 480 g/mol. The lowest BCUT2D eigenvalue weighted by atomic mass is 9.98. The number of rotatable bonds is 9. The van der Waals surface area contributed by atoms with E-state index in [1.54, 1.807) is 11.6 Å². The first-order chi connectivity index (χ1) is 18.4. The van der Waals surface area contributed by atoms with Crippen molar-refractivity contribution in [3.8, 4) is 22.5 Å². The van der Waals surface area contributed by atoms with Crippen molar-refractivity contribution in [3.63, 3.8) is 0 Å². The minimum absolute atomic E-state index is 0.237. The minimum atomic E-state index is -0.326. The van der Waals surface area contributed by atoms with Crippen molar-refractivity contribution in [2.75, 3.05) is 0 Å². The smallest absolute Gasteiger partial charge is 0.318 e. The predicted octanol–water partition coefficient (Wildman–Crippen LogP) is 3.79. The molecule has 0 saturated carbocycles. The first kappa shape index (κ1) is 25.3. The average Bonchev–Trinajstić information content (AvgIpc) is 3.58. The second-order valence-corrected chi connectivity index (χ2v) is 10.0. The monoisotopic (exact) mass is 512 g/mol. The van der Waals surface area contributed by atoms with Crippen LogP contribution in [0.2, 0.25) is 0 Å². The summed E-state index contributed by atoms with van der Waals surface area (Å²) in [5, 5.41) is 14.3. The van der Waals surface area contributed by atoms with E-state index in [0.29, 0.717) is 30.1 Å². The third-order valence-electron chi connectivity index (χ3n) is 6.74. The molecule has 2 aromatic carbocycles. The van der Waals surface area contributed by atoms with Crippen LogP contribution in [-0.2, 0) is 26.6 Å². The predicted molar refractivity (Wildman–Crippen MR) is 147 cm³/mol. The lowest BCUT2D eigenvalue weighted by Crippen LogP contribution is -2.39. The van der Waals surface area contributed by atoms with Crippen LogP contribution in [0.5, 0.6) is 0 Å². The number of nitrogens with one attached hydrogen (secondary N) is 1. The zero-order valence-electron chi connectivity index (χ0n) is 22.2. The molecule has 0 spiro atoms. The molecule has 38 heavy (non-hydrogen) atoms. The lowest BCUT2D eigenvalue weighted by Gasteiger charge is -2.13. The van der Waals surface area contributed by atoms with Gasteiger partial charge in [-0.05, 0) is 39.5 Å². The molecule has 0 fully saturated rings. The fourth-order valence-corrected chi connectivity index (χ4v) is 4.81. The van der Waals surface area contributed by atoms with Gasteiger partial charge in [0.1, 0.15) is 5.82 Å². The van der Waals surface area contributed by atoms with Gasteiger partial charge in [-0.25, -0.2) is 14.9 Å². The first-order valence-electron chi connectivity index (χ1n) is 13.0. The highest BCUT2D eigenvalue weighted by molar-refractivity contribution is 5.80. The summed E-state index contributed by atoms with van der Waals surface area (Å²) in [7, 11) is 1.54. The van der Waals surface area contributed by atoms with Crippen molar-refractivity contribution in [3.05, 3.63) is 80.8 Å². The average molecular weight is 513 g/mol. The number of hydrogen-bond donors (Lipinski definition) is 1. The van der Waals surface area contributed by atoms with Gasteiger partial charge in [0.05, 0.1) is 0 Å². The van der Waals surface area contributed by atoms with Gasteiger partial charge in [0.15, 0.2) is 17.0 Å². The van der Waals surface area contributed by atoms with E-state index >= 15 is 0 Å². The van der Waals surface area contributed by atoms with Crippen molar-refractivity contribution in [1.29, 1.82) is 0 Å². The molecule has 0 bridgehead atoms. The van der Waals surface area contributed by atoms with Crippen molar-refractivity contribution in [2.24, 2.45) is 13.0 Å². The van der Waals surface area contributed by atoms with E-state index in [4.69, 9.17) is 4.98 Å². The molecule has 3 heterocycles. The fourth-order valence-electron chi connectivity index (χ4n) is 4.81. The normalized spacial score (nSPS) is 11.6. The van der Waals surface area contributed by atoms with Crippen LogP contribution in [0.25, 0.3) is 33.7 Å². The molecule has 0 saturated heterocycles. The van der Waals surface area contributed by atoms with Crippen molar-refractivity contribution in [2.45, 2.75) is 53.1 Å². The Morgan fingerprint density at radius 2 is 1.71 bits per heavy atom. The number of aromatic amines is 1. The quantitative estimate of drug-likeness (QED) is 0.321. The lowest BCUT2D eigenvalue weighted by molar-refractivity contribution is 0.500. The standard InChI is InChI=1S/C28H32N8O2/c1-5-6-11-23-29-26-24(27(37)34(4)28(38)36(26)16-18(2)3)35(23)17-19-12-14-20(15-13-19)21-9-7-8-10-22(21)25-30-32-33-31-25/h7-10,12-15,18H,5-6,11,16-17H2,1-4H3,(H,30,31,32,33). The Morgan fingerprint density at radius 3 is 2.37 bits per heavy atom. The van der Waals surface area contributed by atoms with Crippen molar-refractivity contribution < 1.29 is 0 Å².